The van der Waals surface area contributed by atoms with Gasteiger partial charge in [-0.2, -0.15) is 13.2 Å². The van der Waals surface area contributed by atoms with Gasteiger partial charge in [-0.25, -0.2) is 4.79 Å². The second-order valence-corrected chi connectivity index (χ2v) is 8.81. The molecule has 1 aromatic rings. The van der Waals surface area contributed by atoms with Crippen LogP contribution < -0.4 is 0 Å². The quantitative estimate of drug-likeness (QED) is 0.569. The van der Waals surface area contributed by atoms with Crippen molar-refractivity contribution in [3.8, 4) is 0 Å². The Kier molecular flexibility index (Phi) is 8.58. The average Bonchev–Trinajstić information content (AvgIpc) is 2.77. The van der Waals surface area contributed by atoms with Gasteiger partial charge in [0.05, 0.1) is 0 Å². The van der Waals surface area contributed by atoms with Crippen molar-refractivity contribution in [1.29, 1.82) is 0 Å². The number of piperazine rings is 1. The minimum Gasteiger partial charge on any atom is -0.464 e. The highest BCUT2D eigenvalue weighted by atomic mass is 19.4. The van der Waals surface area contributed by atoms with Gasteiger partial charge in [-0.05, 0) is 37.8 Å². The molecular weight excluding hydrogens is 439 g/mol. The van der Waals surface area contributed by atoms with Crippen molar-refractivity contribution in [3.05, 3.63) is 34.9 Å². The lowest BCUT2D eigenvalue weighted by Gasteiger charge is -2.35. The van der Waals surface area contributed by atoms with Gasteiger partial charge in [0.15, 0.2) is 6.10 Å². The van der Waals surface area contributed by atoms with Crippen LogP contribution in [-0.2, 0) is 27.4 Å². The normalized spacial score (nSPS) is 19.8. The molecule has 3 rings (SSSR count). The number of amides is 1. The number of halogens is 3. The van der Waals surface area contributed by atoms with E-state index in [1.807, 2.05) is 0 Å². The summed E-state index contributed by atoms with van der Waals surface area (Å²) in [7, 11) is 0. The number of hydrogen-bond acceptors (Lipinski definition) is 6. The fourth-order valence-electron chi connectivity index (χ4n) is 4.20. The summed E-state index contributed by atoms with van der Waals surface area (Å²) in [6.45, 7) is 8.46. The monoisotopic (exact) mass is 471 g/mol. The molecule has 1 amide bonds. The molecule has 2 saturated heterocycles. The first-order valence-corrected chi connectivity index (χ1v) is 11.3. The topological polar surface area (TPSA) is 62.3 Å². The zero-order chi connectivity index (χ0) is 24.0. The number of hydrogen-bond donors (Lipinski definition) is 0. The van der Waals surface area contributed by atoms with E-state index in [0.717, 1.165) is 39.4 Å². The predicted molar refractivity (Wildman–Crippen MR) is 115 cm³/mol. The predicted octanol–water partition coefficient (Wildman–Crippen LogP) is 3.34. The molecule has 0 N–H and O–H groups in total. The van der Waals surface area contributed by atoms with Gasteiger partial charge in [0, 0.05) is 52.4 Å². The SMILES string of the molecule is Cc1ccc(CN2CCN(C(=O)OC(C)C(F)(F)F)CC2)c(CN2CCC(OC=O)CC2)c1. The van der Waals surface area contributed by atoms with E-state index in [1.165, 1.54) is 21.6 Å². The van der Waals surface area contributed by atoms with Crippen LogP contribution in [-0.4, -0.2) is 84.9 Å². The van der Waals surface area contributed by atoms with E-state index in [4.69, 9.17) is 4.74 Å². The van der Waals surface area contributed by atoms with E-state index in [1.54, 1.807) is 0 Å². The van der Waals surface area contributed by atoms with Gasteiger partial charge in [-0.15, -0.1) is 0 Å². The Balaban J connectivity index is 1.52. The van der Waals surface area contributed by atoms with Crippen molar-refractivity contribution < 1.29 is 32.2 Å². The molecule has 0 aromatic heterocycles. The summed E-state index contributed by atoms with van der Waals surface area (Å²) in [5, 5.41) is 0. The van der Waals surface area contributed by atoms with Gasteiger partial charge < -0.3 is 14.4 Å². The second kappa shape index (κ2) is 11.2. The molecule has 33 heavy (non-hydrogen) atoms. The summed E-state index contributed by atoms with van der Waals surface area (Å²) in [6, 6.07) is 6.39. The minimum atomic E-state index is -4.56. The van der Waals surface area contributed by atoms with Crippen LogP contribution in [0.25, 0.3) is 0 Å². The number of benzene rings is 1. The van der Waals surface area contributed by atoms with E-state index in [-0.39, 0.29) is 6.10 Å². The number of carbonyl (C=O) groups is 2. The first-order chi connectivity index (χ1) is 15.7. The molecule has 2 fully saturated rings. The van der Waals surface area contributed by atoms with Gasteiger partial charge in [-0.3, -0.25) is 14.6 Å². The van der Waals surface area contributed by atoms with Crippen molar-refractivity contribution in [2.75, 3.05) is 39.3 Å². The van der Waals surface area contributed by atoms with Crippen molar-refractivity contribution in [1.82, 2.24) is 14.7 Å². The van der Waals surface area contributed by atoms with Gasteiger partial charge in [0.1, 0.15) is 6.10 Å². The number of alkyl halides is 3. The maximum Gasteiger partial charge on any atom is 0.425 e. The number of ether oxygens (including phenoxy) is 2. The second-order valence-electron chi connectivity index (χ2n) is 8.81. The van der Waals surface area contributed by atoms with E-state index in [9.17, 15) is 22.8 Å². The van der Waals surface area contributed by atoms with Crippen LogP contribution in [0.5, 0.6) is 0 Å². The summed E-state index contributed by atoms with van der Waals surface area (Å²) >= 11 is 0. The third-order valence-corrected chi connectivity index (χ3v) is 6.30. The fourth-order valence-corrected chi connectivity index (χ4v) is 4.20. The molecule has 10 heteroatoms. The summed E-state index contributed by atoms with van der Waals surface area (Å²) in [4.78, 5) is 28.5. The third-order valence-electron chi connectivity index (χ3n) is 6.30. The fraction of sp³-hybridized carbons (Fsp3) is 0.652. The smallest absolute Gasteiger partial charge is 0.425 e. The maximum atomic E-state index is 12.6. The van der Waals surface area contributed by atoms with Crippen LogP contribution in [0, 0.1) is 6.92 Å². The van der Waals surface area contributed by atoms with Crippen molar-refractivity contribution in [2.24, 2.45) is 0 Å². The third kappa shape index (κ3) is 7.33. The highest BCUT2D eigenvalue weighted by molar-refractivity contribution is 5.68. The minimum absolute atomic E-state index is 0.00200. The zero-order valence-electron chi connectivity index (χ0n) is 19.1. The van der Waals surface area contributed by atoms with Gasteiger partial charge in [0.25, 0.3) is 6.47 Å². The molecule has 2 aliphatic rings. The summed E-state index contributed by atoms with van der Waals surface area (Å²) in [5.41, 5.74) is 3.62. The molecule has 0 aliphatic carbocycles. The van der Waals surface area contributed by atoms with Crippen molar-refractivity contribution in [2.45, 2.75) is 58.2 Å². The Morgan fingerprint density at radius 3 is 2.27 bits per heavy atom. The number of piperidine rings is 1. The van der Waals surface area contributed by atoms with E-state index in [2.05, 4.69) is 39.7 Å². The Bertz CT molecular complexity index is 805. The first kappa shape index (κ1) is 25.3. The highest BCUT2D eigenvalue weighted by Gasteiger charge is 2.40. The molecule has 0 radical (unpaired) electrons. The molecular formula is C23H32F3N3O4. The van der Waals surface area contributed by atoms with Crippen LogP contribution in [0.15, 0.2) is 18.2 Å². The van der Waals surface area contributed by atoms with E-state index in [0.29, 0.717) is 39.2 Å². The molecule has 2 heterocycles. The first-order valence-electron chi connectivity index (χ1n) is 11.3. The summed E-state index contributed by atoms with van der Waals surface area (Å²) in [6.07, 6.45) is -5.95. The lowest BCUT2D eigenvalue weighted by molar-refractivity contribution is -0.200. The summed E-state index contributed by atoms with van der Waals surface area (Å²) < 4.78 is 47.6. The summed E-state index contributed by atoms with van der Waals surface area (Å²) in [5.74, 6) is 0. The molecule has 184 valence electrons. The lowest BCUT2D eigenvalue weighted by atomic mass is 10.0. The van der Waals surface area contributed by atoms with Crippen LogP contribution in [0.4, 0.5) is 18.0 Å². The Labute approximate surface area is 192 Å². The van der Waals surface area contributed by atoms with Crippen LogP contribution in [0.1, 0.15) is 36.5 Å². The van der Waals surface area contributed by atoms with E-state index >= 15 is 0 Å². The standard InChI is InChI=1S/C23H32F3N3O4/c1-17-3-4-19(20(13-17)15-27-7-5-21(6-8-27)32-16-30)14-28-9-11-29(12-10-28)22(31)33-18(2)23(24,25)26/h3-4,13,16,18,21H,5-12,14-15H2,1-2H3. The molecule has 2 aliphatic heterocycles. The highest BCUT2D eigenvalue weighted by Crippen LogP contribution is 2.24. The average molecular weight is 472 g/mol. The zero-order valence-corrected chi connectivity index (χ0v) is 19.1. The Hall–Kier alpha value is -2.33. The van der Waals surface area contributed by atoms with Crippen LogP contribution in [0.2, 0.25) is 0 Å². The number of carbonyl (C=O) groups excluding carboxylic acids is 2. The van der Waals surface area contributed by atoms with Gasteiger partial charge >= 0.3 is 12.3 Å². The van der Waals surface area contributed by atoms with Crippen LogP contribution >= 0.6 is 0 Å². The molecule has 7 nitrogen and oxygen atoms in total. The van der Waals surface area contributed by atoms with Crippen molar-refractivity contribution >= 4 is 12.6 Å². The van der Waals surface area contributed by atoms with Crippen LogP contribution in [0.3, 0.4) is 0 Å². The molecule has 0 bridgehead atoms. The number of rotatable bonds is 7. The molecule has 0 spiro atoms. The van der Waals surface area contributed by atoms with Crippen molar-refractivity contribution in [3.63, 3.8) is 0 Å². The lowest BCUT2D eigenvalue weighted by Crippen LogP contribution is -2.49. The largest absolute Gasteiger partial charge is 0.464 e. The number of likely N-dealkylation sites (tertiary alicyclic amines) is 1. The molecule has 0 saturated carbocycles. The van der Waals surface area contributed by atoms with Gasteiger partial charge in [-0.1, -0.05) is 23.8 Å². The van der Waals surface area contributed by atoms with Gasteiger partial charge in [0.2, 0.25) is 0 Å². The Morgan fingerprint density at radius 2 is 1.67 bits per heavy atom. The number of nitrogens with zero attached hydrogens (tertiary/aromatic N) is 3. The maximum absolute atomic E-state index is 12.6. The van der Waals surface area contributed by atoms with E-state index < -0.39 is 18.4 Å². The Morgan fingerprint density at radius 1 is 1.06 bits per heavy atom. The number of aryl methyl sites for hydroxylation is 1. The molecule has 1 aromatic carbocycles. The molecule has 1 unspecified atom stereocenters. The molecule has 1 atom stereocenters.